The van der Waals surface area contributed by atoms with Gasteiger partial charge in [0.05, 0.1) is 16.0 Å². The Balaban J connectivity index is 2.28. The number of likely N-dealkylation sites (tertiary alicyclic amines) is 1. The van der Waals surface area contributed by atoms with Crippen LogP contribution in [0.25, 0.3) is 0 Å². The summed E-state index contributed by atoms with van der Waals surface area (Å²) in [6.07, 6.45) is 4.29. The maximum atomic E-state index is 13.7. The number of nitrogens with one attached hydrogen (secondary N) is 2. The number of sulfone groups is 1. The fraction of sp³-hybridized carbons (Fsp3) is 0.885. The quantitative estimate of drug-likeness (QED) is 0.462. The topological polar surface area (TPSA) is 133 Å². The molecule has 9 nitrogen and oxygen atoms in total. The van der Waals surface area contributed by atoms with E-state index < -0.39 is 55.5 Å². The third-order valence-electron chi connectivity index (χ3n) is 7.81. The number of carboxylic acids is 1. The van der Waals surface area contributed by atoms with Gasteiger partial charge in [0.2, 0.25) is 5.91 Å². The highest BCUT2D eigenvalue weighted by atomic mass is 32.2. The SMILES string of the molecule is CC(C)[C@H]1CCN(C(=O)[C@@H](NC(=O)NC2(CS(=O)(=O)C(C)(C)C)CCCCC2)C(C)(C)C)[C@@H]1C(=O)O. The second-order valence-electron chi connectivity index (χ2n) is 13.1. The predicted octanol–water partition coefficient (Wildman–Crippen LogP) is 3.57. The number of aliphatic carboxylic acids is 1. The molecule has 2 rings (SSSR count). The molecule has 0 aromatic carbocycles. The van der Waals surface area contributed by atoms with Crippen molar-refractivity contribution in [1.82, 2.24) is 15.5 Å². The van der Waals surface area contributed by atoms with Gasteiger partial charge in [-0.05, 0) is 57.3 Å². The minimum atomic E-state index is -3.50. The Labute approximate surface area is 217 Å². The van der Waals surface area contributed by atoms with Crippen molar-refractivity contribution in [2.75, 3.05) is 12.3 Å². The van der Waals surface area contributed by atoms with Crippen molar-refractivity contribution in [2.24, 2.45) is 17.3 Å². The van der Waals surface area contributed by atoms with Gasteiger partial charge in [-0.3, -0.25) is 4.79 Å². The highest BCUT2D eigenvalue weighted by Gasteiger charge is 2.48. The zero-order chi connectivity index (χ0) is 27.7. The van der Waals surface area contributed by atoms with Gasteiger partial charge in [0.15, 0.2) is 9.84 Å². The van der Waals surface area contributed by atoms with E-state index in [0.717, 1.165) is 19.3 Å². The van der Waals surface area contributed by atoms with Crippen LogP contribution in [0.4, 0.5) is 4.79 Å². The van der Waals surface area contributed by atoms with Crippen molar-refractivity contribution in [1.29, 1.82) is 0 Å². The van der Waals surface area contributed by atoms with Crippen molar-refractivity contribution in [3.63, 3.8) is 0 Å². The first-order chi connectivity index (χ1) is 16.3. The van der Waals surface area contributed by atoms with Crippen LogP contribution < -0.4 is 10.6 Å². The van der Waals surface area contributed by atoms with E-state index in [-0.39, 0.29) is 17.6 Å². The zero-order valence-electron chi connectivity index (χ0n) is 23.3. The minimum Gasteiger partial charge on any atom is -0.480 e. The monoisotopic (exact) mass is 529 g/mol. The normalized spacial score (nSPS) is 23.9. The number of nitrogens with zero attached hydrogens (tertiary/aromatic N) is 1. The smallest absolute Gasteiger partial charge is 0.326 e. The van der Waals surface area contributed by atoms with Crippen molar-refractivity contribution < 1.29 is 27.9 Å². The molecule has 1 saturated carbocycles. The van der Waals surface area contributed by atoms with Crippen molar-refractivity contribution in [2.45, 2.75) is 116 Å². The molecule has 0 aromatic heterocycles. The molecule has 3 atom stereocenters. The second-order valence-corrected chi connectivity index (χ2v) is 15.9. The van der Waals surface area contributed by atoms with Crippen LogP contribution in [-0.4, -0.2) is 71.0 Å². The summed E-state index contributed by atoms with van der Waals surface area (Å²) in [6, 6.07) is -2.50. The highest BCUT2D eigenvalue weighted by molar-refractivity contribution is 7.92. The summed E-state index contributed by atoms with van der Waals surface area (Å²) in [4.78, 5) is 40.5. The lowest BCUT2D eigenvalue weighted by molar-refractivity contribution is -0.151. The van der Waals surface area contributed by atoms with Gasteiger partial charge in [-0.2, -0.15) is 0 Å². The van der Waals surface area contributed by atoms with E-state index in [4.69, 9.17) is 0 Å². The van der Waals surface area contributed by atoms with E-state index in [1.54, 1.807) is 20.8 Å². The molecule has 2 aliphatic rings. The third kappa shape index (κ3) is 6.92. The van der Waals surface area contributed by atoms with Crippen LogP contribution in [0.2, 0.25) is 0 Å². The Hall–Kier alpha value is -1.84. The molecule has 208 valence electrons. The number of carboxylic acid groups (broad SMARTS) is 1. The second kappa shape index (κ2) is 10.9. The average Bonchev–Trinajstić information content (AvgIpc) is 3.16. The molecular weight excluding hydrogens is 482 g/mol. The van der Waals surface area contributed by atoms with Gasteiger partial charge >= 0.3 is 12.0 Å². The fourth-order valence-corrected chi connectivity index (χ4v) is 6.94. The molecule has 0 spiro atoms. The van der Waals surface area contributed by atoms with Crippen LogP contribution in [-0.2, 0) is 19.4 Å². The van der Waals surface area contributed by atoms with Gasteiger partial charge in [0.1, 0.15) is 12.1 Å². The zero-order valence-corrected chi connectivity index (χ0v) is 24.1. The van der Waals surface area contributed by atoms with E-state index >= 15 is 0 Å². The molecule has 10 heteroatoms. The molecule has 3 amide bonds. The first-order valence-corrected chi connectivity index (χ1v) is 14.8. The standard InChI is InChI=1S/C26H47N3O6S/c1-17(2)18-12-15-29(19(18)22(31)32)21(30)20(24(3,4)5)27-23(33)28-26(13-10-9-11-14-26)16-36(34,35)25(6,7)8/h17-20H,9-16H2,1-8H3,(H,31,32)(H2,27,28,33)/t18-,19+,20-/m1/s1. The van der Waals surface area contributed by atoms with E-state index in [2.05, 4.69) is 10.6 Å². The van der Waals surface area contributed by atoms with E-state index in [9.17, 15) is 27.9 Å². The van der Waals surface area contributed by atoms with Crippen LogP contribution in [0.15, 0.2) is 0 Å². The summed E-state index contributed by atoms with van der Waals surface area (Å²) < 4.78 is 25.2. The molecule has 3 N–H and O–H groups in total. The van der Waals surface area contributed by atoms with Crippen LogP contribution >= 0.6 is 0 Å². The van der Waals surface area contributed by atoms with Crippen LogP contribution in [0.5, 0.6) is 0 Å². The van der Waals surface area contributed by atoms with Crippen molar-refractivity contribution in [3.8, 4) is 0 Å². The van der Waals surface area contributed by atoms with Gasteiger partial charge in [-0.15, -0.1) is 0 Å². The molecule has 1 aliphatic heterocycles. The summed E-state index contributed by atoms with van der Waals surface area (Å²) in [5.74, 6) is -1.68. The number of hydrogen-bond donors (Lipinski definition) is 3. The Morgan fingerprint density at radius 2 is 1.58 bits per heavy atom. The Morgan fingerprint density at radius 3 is 2.03 bits per heavy atom. The number of hydrogen-bond acceptors (Lipinski definition) is 5. The molecule has 36 heavy (non-hydrogen) atoms. The Morgan fingerprint density at radius 1 is 1.03 bits per heavy atom. The maximum Gasteiger partial charge on any atom is 0.326 e. The molecule has 0 radical (unpaired) electrons. The van der Waals surface area contributed by atoms with Crippen molar-refractivity contribution in [3.05, 3.63) is 0 Å². The molecular formula is C26H47N3O6S. The molecule has 2 fully saturated rings. The summed E-state index contributed by atoms with van der Waals surface area (Å²) >= 11 is 0. The number of carbonyl (C=O) groups excluding carboxylic acids is 2. The lowest BCUT2D eigenvalue weighted by Crippen LogP contribution is -2.63. The number of rotatable bonds is 7. The Kier molecular flexibility index (Phi) is 9.18. The van der Waals surface area contributed by atoms with Gasteiger partial charge in [-0.25, -0.2) is 18.0 Å². The number of amides is 3. The first-order valence-electron chi connectivity index (χ1n) is 13.2. The maximum absolute atomic E-state index is 13.7. The molecule has 0 aromatic rings. The summed E-state index contributed by atoms with van der Waals surface area (Å²) in [6.45, 7) is 14.7. The van der Waals surface area contributed by atoms with Gasteiger partial charge in [0, 0.05) is 6.54 Å². The lowest BCUT2D eigenvalue weighted by atomic mass is 9.83. The average molecular weight is 530 g/mol. The molecule has 1 saturated heterocycles. The highest BCUT2D eigenvalue weighted by Crippen LogP contribution is 2.34. The number of urea groups is 1. The van der Waals surface area contributed by atoms with E-state index in [1.165, 1.54) is 4.90 Å². The van der Waals surface area contributed by atoms with E-state index in [0.29, 0.717) is 25.8 Å². The molecule has 0 unspecified atom stereocenters. The first kappa shape index (κ1) is 30.4. The van der Waals surface area contributed by atoms with Crippen LogP contribution in [0.1, 0.15) is 93.9 Å². The molecule has 1 heterocycles. The summed E-state index contributed by atoms with van der Waals surface area (Å²) in [5.41, 5.74) is -1.59. The van der Waals surface area contributed by atoms with Crippen LogP contribution in [0.3, 0.4) is 0 Å². The number of carbonyl (C=O) groups is 3. The van der Waals surface area contributed by atoms with Gasteiger partial charge < -0.3 is 20.6 Å². The third-order valence-corrected chi connectivity index (χ3v) is 10.6. The van der Waals surface area contributed by atoms with Gasteiger partial charge in [0.25, 0.3) is 0 Å². The predicted molar refractivity (Wildman–Crippen MR) is 140 cm³/mol. The largest absolute Gasteiger partial charge is 0.480 e. The molecule has 0 bridgehead atoms. The van der Waals surface area contributed by atoms with E-state index in [1.807, 2.05) is 34.6 Å². The fourth-order valence-electron chi connectivity index (χ4n) is 5.41. The van der Waals surface area contributed by atoms with Gasteiger partial charge in [-0.1, -0.05) is 53.9 Å². The summed E-state index contributed by atoms with van der Waals surface area (Å²) in [5, 5.41) is 15.6. The van der Waals surface area contributed by atoms with Crippen molar-refractivity contribution >= 4 is 27.7 Å². The minimum absolute atomic E-state index is 0.101. The summed E-state index contributed by atoms with van der Waals surface area (Å²) in [7, 11) is -3.50. The van der Waals surface area contributed by atoms with Crippen LogP contribution in [0, 0.1) is 17.3 Å². The lowest BCUT2D eigenvalue weighted by Gasteiger charge is -2.41. The molecule has 1 aliphatic carbocycles. The Bertz CT molecular complexity index is 926.